The first-order valence-electron chi connectivity index (χ1n) is 12.2. The second kappa shape index (κ2) is 26.2. The summed E-state index contributed by atoms with van der Waals surface area (Å²) in [6, 6.07) is 0. The van der Waals surface area contributed by atoms with Gasteiger partial charge in [-0.1, -0.05) is 90.4 Å². The molecule has 0 aromatic heterocycles. The zero-order chi connectivity index (χ0) is 23.6. The molecule has 0 aromatic rings. The van der Waals surface area contributed by atoms with E-state index in [4.69, 9.17) is 25.1 Å². The molecule has 0 unspecified atom stereocenters. The summed E-state index contributed by atoms with van der Waals surface area (Å²) in [4.78, 5) is 18.8. The molecule has 0 rings (SSSR count). The number of aliphatic hydroxyl groups is 3. The third-order valence-electron chi connectivity index (χ3n) is 5.01. The average Bonchev–Trinajstić information content (AvgIpc) is 2.71. The topological polar surface area (TPSA) is 131 Å². The third-order valence-corrected chi connectivity index (χ3v) is 5.52. The van der Waals surface area contributed by atoms with Crippen molar-refractivity contribution >= 4 is 7.82 Å². The van der Waals surface area contributed by atoms with Gasteiger partial charge in [0.25, 0.3) is 0 Å². The van der Waals surface area contributed by atoms with Gasteiger partial charge in [0.1, 0.15) is 0 Å². The molecule has 0 radical (unpaired) electrons. The van der Waals surface area contributed by atoms with E-state index in [1.165, 1.54) is 70.6 Å². The van der Waals surface area contributed by atoms with Crippen LogP contribution >= 0.6 is 7.82 Å². The van der Waals surface area contributed by atoms with Gasteiger partial charge < -0.3 is 25.1 Å². The zero-order valence-electron chi connectivity index (χ0n) is 19.8. The standard InChI is InChI=1S/C16H35O4P.C6H15NO3/c1-2-3-4-5-6-7-8-9-10-11-12-13-14-15-16-20-21(17,18)19;8-4-1-7(2-5-9)3-6-10/h2-16H2,1H3,(H2,17,18,19);8-10H,1-6H2. The van der Waals surface area contributed by atoms with Crippen molar-refractivity contribution in [2.24, 2.45) is 0 Å². The van der Waals surface area contributed by atoms with Crippen LogP contribution in [0, 0.1) is 0 Å². The van der Waals surface area contributed by atoms with Crippen LogP contribution in [0.15, 0.2) is 0 Å². The Hall–Kier alpha value is -0.0500. The lowest BCUT2D eigenvalue weighted by molar-refractivity contribution is 0.136. The fourth-order valence-electron chi connectivity index (χ4n) is 3.24. The second-order valence-corrected chi connectivity index (χ2v) is 9.17. The maximum absolute atomic E-state index is 10.4. The summed E-state index contributed by atoms with van der Waals surface area (Å²) in [5, 5.41) is 25.5. The summed E-state index contributed by atoms with van der Waals surface area (Å²) in [6.07, 6.45) is 17.8. The van der Waals surface area contributed by atoms with Crippen LogP contribution in [0.2, 0.25) is 0 Å². The summed E-state index contributed by atoms with van der Waals surface area (Å²) in [5.41, 5.74) is 0. The van der Waals surface area contributed by atoms with Gasteiger partial charge in [0.15, 0.2) is 0 Å². The van der Waals surface area contributed by atoms with Gasteiger partial charge in [-0.2, -0.15) is 0 Å². The Morgan fingerprint density at radius 3 is 1.23 bits per heavy atom. The molecule has 0 aromatic carbocycles. The number of nitrogens with zero attached hydrogens (tertiary/aromatic N) is 1. The molecule has 0 saturated carbocycles. The molecular formula is C22H50NO7P. The highest BCUT2D eigenvalue weighted by Gasteiger charge is 2.12. The van der Waals surface area contributed by atoms with Gasteiger partial charge in [0.2, 0.25) is 0 Å². The minimum Gasteiger partial charge on any atom is -0.395 e. The monoisotopic (exact) mass is 471 g/mol. The maximum atomic E-state index is 10.4. The number of unbranched alkanes of at least 4 members (excludes halogenated alkanes) is 13. The first-order chi connectivity index (χ1) is 14.9. The Labute approximate surface area is 190 Å². The first kappa shape index (κ1) is 33.1. The van der Waals surface area contributed by atoms with Crippen LogP contribution in [0.3, 0.4) is 0 Å². The summed E-state index contributed by atoms with van der Waals surface area (Å²) >= 11 is 0. The Balaban J connectivity index is 0. The number of phosphoric acid groups is 1. The highest BCUT2D eigenvalue weighted by Crippen LogP contribution is 2.35. The van der Waals surface area contributed by atoms with Crippen molar-refractivity contribution in [1.29, 1.82) is 0 Å². The number of rotatable bonds is 22. The molecule has 0 atom stereocenters. The molecular weight excluding hydrogens is 421 g/mol. The largest absolute Gasteiger partial charge is 0.469 e. The molecule has 0 heterocycles. The molecule has 0 aliphatic heterocycles. The Morgan fingerprint density at radius 2 is 0.935 bits per heavy atom. The predicted octanol–water partition coefficient (Wildman–Crippen LogP) is 3.84. The van der Waals surface area contributed by atoms with Crippen LogP contribution in [0.1, 0.15) is 96.8 Å². The van der Waals surface area contributed by atoms with E-state index in [1.807, 2.05) is 0 Å². The lowest BCUT2D eigenvalue weighted by Gasteiger charge is -2.17. The zero-order valence-corrected chi connectivity index (χ0v) is 20.7. The normalized spacial score (nSPS) is 11.6. The molecule has 9 heteroatoms. The number of hydrogen-bond donors (Lipinski definition) is 5. The van der Waals surface area contributed by atoms with Gasteiger partial charge in [-0.15, -0.1) is 0 Å². The van der Waals surface area contributed by atoms with E-state index in [0.717, 1.165) is 19.3 Å². The fraction of sp³-hybridized carbons (Fsp3) is 1.00. The lowest BCUT2D eigenvalue weighted by Crippen LogP contribution is -2.32. The second-order valence-electron chi connectivity index (χ2n) is 7.93. The predicted molar refractivity (Wildman–Crippen MR) is 126 cm³/mol. The van der Waals surface area contributed by atoms with Crippen molar-refractivity contribution in [2.45, 2.75) is 96.8 Å². The quantitative estimate of drug-likeness (QED) is 0.119. The van der Waals surface area contributed by atoms with Crippen molar-refractivity contribution in [3.05, 3.63) is 0 Å². The smallest absolute Gasteiger partial charge is 0.395 e. The molecule has 8 nitrogen and oxygen atoms in total. The van der Waals surface area contributed by atoms with Gasteiger partial charge in [0, 0.05) is 19.6 Å². The van der Waals surface area contributed by atoms with E-state index in [1.54, 1.807) is 4.90 Å². The van der Waals surface area contributed by atoms with Crippen LogP contribution in [0.4, 0.5) is 0 Å². The Kier molecular flexibility index (Phi) is 28.0. The average molecular weight is 472 g/mol. The molecule has 0 amide bonds. The van der Waals surface area contributed by atoms with E-state index < -0.39 is 7.82 Å². The van der Waals surface area contributed by atoms with Crippen molar-refractivity contribution < 1.29 is 34.2 Å². The van der Waals surface area contributed by atoms with Gasteiger partial charge in [-0.25, -0.2) is 4.57 Å². The van der Waals surface area contributed by atoms with Gasteiger partial charge in [-0.05, 0) is 6.42 Å². The summed E-state index contributed by atoms with van der Waals surface area (Å²) in [5.74, 6) is 0. The van der Waals surface area contributed by atoms with E-state index in [0.29, 0.717) is 19.6 Å². The van der Waals surface area contributed by atoms with Crippen molar-refractivity contribution in [1.82, 2.24) is 4.90 Å². The van der Waals surface area contributed by atoms with Crippen LogP contribution in [-0.4, -0.2) is 76.1 Å². The molecule has 5 N–H and O–H groups in total. The molecule has 0 aliphatic carbocycles. The third kappa shape index (κ3) is 32.2. The Bertz CT molecular complexity index is 369. The minimum absolute atomic E-state index is 0.0694. The number of hydrogen-bond acceptors (Lipinski definition) is 6. The fourth-order valence-corrected chi connectivity index (χ4v) is 3.61. The lowest BCUT2D eigenvalue weighted by atomic mass is 10.0. The molecule has 0 bridgehead atoms. The molecule has 0 fully saturated rings. The summed E-state index contributed by atoms with van der Waals surface area (Å²) < 4.78 is 14.8. The van der Waals surface area contributed by atoms with Crippen LogP contribution in [0.5, 0.6) is 0 Å². The highest BCUT2D eigenvalue weighted by atomic mass is 31.2. The summed E-state index contributed by atoms with van der Waals surface area (Å²) in [7, 11) is -4.25. The van der Waals surface area contributed by atoms with Gasteiger partial charge in [-0.3, -0.25) is 9.42 Å². The summed E-state index contributed by atoms with van der Waals surface area (Å²) in [6.45, 7) is 4.18. The maximum Gasteiger partial charge on any atom is 0.469 e. The first-order valence-corrected chi connectivity index (χ1v) is 13.7. The molecule has 190 valence electrons. The van der Waals surface area contributed by atoms with Gasteiger partial charge in [0.05, 0.1) is 26.4 Å². The van der Waals surface area contributed by atoms with E-state index >= 15 is 0 Å². The van der Waals surface area contributed by atoms with Gasteiger partial charge >= 0.3 is 7.82 Å². The van der Waals surface area contributed by atoms with Crippen LogP contribution < -0.4 is 0 Å². The van der Waals surface area contributed by atoms with Crippen molar-refractivity contribution in [2.75, 3.05) is 46.1 Å². The number of phosphoric ester groups is 1. The molecule has 31 heavy (non-hydrogen) atoms. The molecule has 0 spiro atoms. The van der Waals surface area contributed by atoms with Crippen LogP contribution in [-0.2, 0) is 9.09 Å². The van der Waals surface area contributed by atoms with E-state index in [9.17, 15) is 4.57 Å². The Morgan fingerprint density at radius 1 is 0.613 bits per heavy atom. The SMILES string of the molecule is CCCCCCCCCCCCCCCCOP(=O)(O)O.OCCN(CCO)CCO. The molecule has 0 saturated heterocycles. The minimum atomic E-state index is -4.25. The van der Waals surface area contributed by atoms with Crippen LogP contribution in [0.25, 0.3) is 0 Å². The number of aliphatic hydroxyl groups excluding tert-OH is 3. The van der Waals surface area contributed by atoms with E-state index in [-0.39, 0.29) is 26.4 Å². The van der Waals surface area contributed by atoms with Crippen molar-refractivity contribution in [3.63, 3.8) is 0 Å². The highest BCUT2D eigenvalue weighted by molar-refractivity contribution is 7.46. The molecule has 0 aliphatic rings. The van der Waals surface area contributed by atoms with E-state index in [2.05, 4.69) is 11.4 Å². The van der Waals surface area contributed by atoms with Crippen molar-refractivity contribution in [3.8, 4) is 0 Å².